The van der Waals surface area contributed by atoms with Gasteiger partial charge in [0, 0.05) is 19.4 Å². The largest absolute Gasteiger partial charge is 0.391 e. The Hall–Kier alpha value is -4.35. The fourth-order valence-corrected chi connectivity index (χ4v) is 5.99. The Morgan fingerprint density at radius 1 is 1.05 bits per heavy atom. The van der Waals surface area contributed by atoms with E-state index in [0.29, 0.717) is 5.69 Å². The molecule has 2 aromatic heterocycles. The maximum atomic E-state index is 13.9. The van der Waals surface area contributed by atoms with Gasteiger partial charge in [0.25, 0.3) is 0 Å². The normalized spacial score (nSPS) is 18.1. The second kappa shape index (κ2) is 12.7. The van der Waals surface area contributed by atoms with Gasteiger partial charge in [-0.2, -0.15) is 0 Å². The number of aliphatic hydroxyl groups excluding tert-OH is 1. The molecule has 11 heteroatoms. The molecule has 1 aliphatic heterocycles. The third-order valence-corrected chi connectivity index (χ3v) is 8.37. The number of amides is 3. The second-order valence-electron chi connectivity index (χ2n) is 10.9. The minimum atomic E-state index is -0.987. The number of nitrogens with two attached hydrogens (primary N) is 1. The lowest BCUT2D eigenvalue weighted by molar-refractivity contribution is -0.143. The summed E-state index contributed by atoms with van der Waals surface area (Å²) in [6.07, 6.45) is 1.09. The number of hydrogen-bond acceptors (Lipinski definition) is 7. The number of nitrogens with zero attached hydrogens (tertiary/aromatic N) is 4. The molecule has 0 aliphatic carbocycles. The topological polar surface area (TPSA) is 143 Å². The minimum absolute atomic E-state index is 0.00515. The number of rotatable bonds is 10. The number of benzene rings is 2. The van der Waals surface area contributed by atoms with Gasteiger partial charge in [-0.1, -0.05) is 79.7 Å². The lowest BCUT2D eigenvalue weighted by Gasteiger charge is -2.30. The Labute approximate surface area is 248 Å². The van der Waals surface area contributed by atoms with E-state index < -0.39 is 36.0 Å². The molecule has 10 nitrogen and oxygen atoms in total. The van der Waals surface area contributed by atoms with E-state index in [1.54, 1.807) is 6.20 Å². The Morgan fingerprint density at radius 2 is 1.76 bits per heavy atom. The average molecular weight is 587 g/mol. The van der Waals surface area contributed by atoms with Gasteiger partial charge in [-0.25, -0.2) is 4.68 Å². The molecule has 218 valence electrons. The van der Waals surface area contributed by atoms with Gasteiger partial charge < -0.3 is 21.1 Å². The van der Waals surface area contributed by atoms with Crippen molar-refractivity contribution >= 4 is 29.1 Å². The SMILES string of the molecule is CC(C)C(C(=O)N1C[C@H](O)C[C@H]1C(=O)NC(Cc1ccc(-c2ccccc2)cc1)C(N)=O)n1cc(-c2cccs2)nn1. The van der Waals surface area contributed by atoms with Crippen LogP contribution in [0.25, 0.3) is 21.7 Å². The third kappa shape index (κ3) is 6.42. The molecule has 1 fully saturated rings. The van der Waals surface area contributed by atoms with Crippen molar-refractivity contribution in [2.75, 3.05) is 6.54 Å². The first-order valence-corrected chi connectivity index (χ1v) is 14.8. The van der Waals surface area contributed by atoms with Crippen LogP contribution in [0.15, 0.2) is 78.3 Å². The van der Waals surface area contributed by atoms with Crippen molar-refractivity contribution in [3.63, 3.8) is 0 Å². The van der Waals surface area contributed by atoms with Crippen LogP contribution in [-0.2, 0) is 20.8 Å². The third-order valence-electron chi connectivity index (χ3n) is 7.48. The van der Waals surface area contributed by atoms with Gasteiger partial charge in [-0.15, -0.1) is 16.4 Å². The smallest absolute Gasteiger partial charge is 0.248 e. The highest BCUT2D eigenvalue weighted by Gasteiger charge is 2.43. The summed E-state index contributed by atoms with van der Waals surface area (Å²) in [5.41, 5.74) is 9.26. The van der Waals surface area contributed by atoms with Gasteiger partial charge in [0.15, 0.2) is 0 Å². The minimum Gasteiger partial charge on any atom is -0.391 e. The quantitative estimate of drug-likeness (QED) is 0.261. The molecule has 42 heavy (non-hydrogen) atoms. The monoisotopic (exact) mass is 586 g/mol. The molecule has 3 heterocycles. The van der Waals surface area contributed by atoms with E-state index in [9.17, 15) is 19.5 Å². The summed E-state index contributed by atoms with van der Waals surface area (Å²) in [6, 6.07) is 18.8. The number of hydrogen-bond donors (Lipinski definition) is 3. The molecule has 4 atom stereocenters. The highest BCUT2D eigenvalue weighted by atomic mass is 32.1. The first kappa shape index (κ1) is 29.2. The number of carbonyl (C=O) groups is 3. The van der Waals surface area contributed by atoms with Crippen LogP contribution in [0.3, 0.4) is 0 Å². The number of aliphatic hydroxyl groups is 1. The number of likely N-dealkylation sites (tertiary alicyclic amines) is 1. The first-order chi connectivity index (χ1) is 20.2. The van der Waals surface area contributed by atoms with Crippen LogP contribution in [0.5, 0.6) is 0 Å². The summed E-state index contributed by atoms with van der Waals surface area (Å²) < 4.78 is 1.52. The second-order valence-corrected chi connectivity index (χ2v) is 11.8. The van der Waals surface area contributed by atoms with Crippen LogP contribution in [0.2, 0.25) is 0 Å². The molecule has 2 unspecified atom stereocenters. The van der Waals surface area contributed by atoms with E-state index in [1.165, 1.54) is 20.9 Å². The van der Waals surface area contributed by atoms with Gasteiger partial charge >= 0.3 is 0 Å². The van der Waals surface area contributed by atoms with E-state index >= 15 is 0 Å². The Balaban J connectivity index is 1.30. The lowest BCUT2D eigenvalue weighted by Crippen LogP contribution is -2.54. The number of thiophene rings is 1. The first-order valence-electron chi connectivity index (χ1n) is 13.9. The molecule has 3 amide bonds. The van der Waals surface area contributed by atoms with E-state index in [2.05, 4.69) is 15.6 Å². The molecule has 0 saturated carbocycles. The molecule has 1 saturated heterocycles. The zero-order valence-corrected chi connectivity index (χ0v) is 24.3. The molecule has 4 N–H and O–H groups in total. The Kier molecular flexibility index (Phi) is 8.79. The predicted molar refractivity (Wildman–Crippen MR) is 160 cm³/mol. The van der Waals surface area contributed by atoms with Gasteiger partial charge in [0.1, 0.15) is 23.8 Å². The lowest BCUT2D eigenvalue weighted by atomic mass is 10.00. The summed E-state index contributed by atoms with van der Waals surface area (Å²) >= 11 is 1.52. The molecule has 1 aliphatic rings. The predicted octanol–water partition coefficient (Wildman–Crippen LogP) is 3.05. The highest BCUT2D eigenvalue weighted by molar-refractivity contribution is 7.13. The summed E-state index contributed by atoms with van der Waals surface area (Å²) in [6.45, 7) is 3.78. The fraction of sp³-hybridized carbons (Fsp3) is 0.323. The number of nitrogens with one attached hydrogen (secondary N) is 1. The van der Waals surface area contributed by atoms with E-state index in [-0.39, 0.29) is 31.2 Å². The Bertz CT molecular complexity index is 1520. The Morgan fingerprint density at radius 3 is 2.40 bits per heavy atom. The summed E-state index contributed by atoms with van der Waals surface area (Å²) in [5, 5.41) is 23.6. The van der Waals surface area contributed by atoms with Crippen molar-refractivity contribution in [2.24, 2.45) is 11.7 Å². The van der Waals surface area contributed by atoms with Crippen molar-refractivity contribution in [3.8, 4) is 21.7 Å². The standard InChI is InChI=1S/C31H34N6O4S/c1-19(2)28(37-18-25(34-35-37)27-9-6-14-42-27)31(41)36-17-23(38)16-26(36)30(40)33-24(29(32)39)15-20-10-12-22(13-11-20)21-7-4-3-5-8-21/h3-14,18-19,23-24,26,28,38H,15-17H2,1-2H3,(H2,32,39)(H,33,40)/t23-,24?,26+,28?/m1/s1. The van der Waals surface area contributed by atoms with Crippen molar-refractivity contribution in [1.29, 1.82) is 0 Å². The molecule has 0 bridgehead atoms. The summed E-state index contributed by atoms with van der Waals surface area (Å²) in [4.78, 5) is 42.0. The molecular formula is C31H34N6O4S. The van der Waals surface area contributed by atoms with Crippen molar-refractivity contribution < 1.29 is 19.5 Å². The van der Waals surface area contributed by atoms with Crippen LogP contribution in [0.1, 0.15) is 31.9 Å². The molecule has 5 rings (SSSR count). The van der Waals surface area contributed by atoms with Crippen LogP contribution >= 0.6 is 11.3 Å². The number of β-amino-alcohol motifs (C(OH)–C–C–N with tert-alkyl or cyclic N) is 1. The number of aromatic nitrogens is 3. The highest BCUT2D eigenvalue weighted by Crippen LogP contribution is 2.29. The maximum Gasteiger partial charge on any atom is 0.248 e. The summed E-state index contributed by atoms with van der Waals surface area (Å²) in [5.74, 6) is -1.74. The van der Waals surface area contributed by atoms with Gasteiger partial charge in [0.2, 0.25) is 17.7 Å². The maximum absolute atomic E-state index is 13.9. The van der Waals surface area contributed by atoms with Crippen LogP contribution < -0.4 is 11.1 Å². The molecule has 0 spiro atoms. The fourth-order valence-electron chi connectivity index (χ4n) is 5.32. The van der Waals surface area contributed by atoms with Crippen molar-refractivity contribution in [3.05, 3.63) is 83.9 Å². The zero-order chi connectivity index (χ0) is 29.8. The van der Waals surface area contributed by atoms with Crippen LogP contribution in [0.4, 0.5) is 0 Å². The van der Waals surface area contributed by atoms with E-state index in [1.807, 2.05) is 86.0 Å². The number of carbonyl (C=O) groups excluding carboxylic acids is 3. The van der Waals surface area contributed by atoms with Crippen molar-refractivity contribution in [1.82, 2.24) is 25.2 Å². The molecule has 2 aromatic carbocycles. The van der Waals surface area contributed by atoms with Crippen LogP contribution in [0, 0.1) is 5.92 Å². The zero-order valence-electron chi connectivity index (χ0n) is 23.5. The molecular weight excluding hydrogens is 552 g/mol. The van der Waals surface area contributed by atoms with E-state index in [0.717, 1.165) is 21.6 Å². The summed E-state index contributed by atoms with van der Waals surface area (Å²) in [7, 11) is 0. The van der Waals surface area contributed by atoms with Crippen molar-refractivity contribution in [2.45, 2.75) is 50.9 Å². The van der Waals surface area contributed by atoms with Gasteiger partial charge in [-0.3, -0.25) is 14.4 Å². The van der Waals surface area contributed by atoms with Crippen LogP contribution in [-0.4, -0.2) is 67.5 Å². The van der Waals surface area contributed by atoms with Gasteiger partial charge in [0.05, 0.1) is 17.2 Å². The molecule has 0 radical (unpaired) electrons. The number of primary amides is 1. The van der Waals surface area contributed by atoms with Gasteiger partial charge in [-0.05, 0) is 34.1 Å². The average Bonchev–Trinajstić information content (AvgIpc) is 3.75. The van der Waals surface area contributed by atoms with E-state index in [4.69, 9.17) is 5.73 Å². The molecule has 4 aromatic rings.